The van der Waals surface area contributed by atoms with Crippen LogP contribution < -0.4 is 5.32 Å². The van der Waals surface area contributed by atoms with Crippen LogP contribution in [0.15, 0.2) is 78.9 Å². The van der Waals surface area contributed by atoms with E-state index in [9.17, 15) is 5.11 Å². The molecule has 26 heavy (non-hydrogen) atoms. The molecule has 1 aliphatic carbocycles. The van der Waals surface area contributed by atoms with Gasteiger partial charge in [-0.1, -0.05) is 78.9 Å². The first kappa shape index (κ1) is 15.8. The summed E-state index contributed by atoms with van der Waals surface area (Å²) in [5.74, 6) is 1.41. The van der Waals surface area contributed by atoms with Gasteiger partial charge in [0.1, 0.15) is 5.60 Å². The molecule has 0 saturated heterocycles. The molecular weight excluding hydrogens is 318 g/mol. The van der Waals surface area contributed by atoms with Crippen LogP contribution in [-0.4, -0.2) is 11.7 Å². The average molecular weight is 341 g/mol. The maximum absolute atomic E-state index is 12.1. The van der Waals surface area contributed by atoms with E-state index >= 15 is 0 Å². The molecule has 0 aromatic heterocycles. The molecule has 2 N–H and O–H groups in total. The zero-order valence-corrected chi connectivity index (χ0v) is 14.7. The third kappa shape index (κ3) is 2.41. The van der Waals surface area contributed by atoms with Gasteiger partial charge in [-0.05, 0) is 52.6 Å². The Kier molecular flexibility index (Phi) is 3.70. The third-order valence-corrected chi connectivity index (χ3v) is 6.02. The van der Waals surface area contributed by atoms with Crippen LogP contribution in [0.5, 0.6) is 0 Å². The number of benzene rings is 3. The zero-order valence-electron chi connectivity index (χ0n) is 14.7. The van der Waals surface area contributed by atoms with Crippen LogP contribution >= 0.6 is 0 Å². The van der Waals surface area contributed by atoms with E-state index in [4.69, 9.17) is 0 Å². The Balaban J connectivity index is 1.76. The minimum absolute atomic E-state index is 0.649. The largest absolute Gasteiger partial charge is 0.376 e. The number of nitrogens with one attached hydrogen (secondary N) is 1. The lowest BCUT2D eigenvalue weighted by Gasteiger charge is -2.33. The summed E-state index contributed by atoms with van der Waals surface area (Å²) >= 11 is 0. The average Bonchev–Trinajstić information content (AvgIpc) is 3.49. The van der Waals surface area contributed by atoms with Gasteiger partial charge in [0.2, 0.25) is 0 Å². The van der Waals surface area contributed by atoms with Crippen molar-refractivity contribution in [1.29, 1.82) is 0 Å². The monoisotopic (exact) mass is 341 g/mol. The molecule has 0 bridgehead atoms. The lowest BCUT2D eigenvalue weighted by atomic mass is 9.77. The van der Waals surface area contributed by atoms with Crippen molar-refractivity contribution >= 4 is 0 Å². The summed E-state index contributed by atoms with van der Waals surface area (Å²) in [5, 5.41) is 15.7. The van der Waals surface area contributed by atoms with E-state index in [1.54, 1.807) is 0 Å². The molecule has 3 aromatic rings. The van der Waals surface area contributed by atoms with Gasteiger partial charge in [0, 0.05) is 6.54 Å². The first-order valence-corrected chi connectivity index (χ1v) is 9.45. The van der Waals surface area contributed by atoms with Gasteiger partial charge in [-0.15, -0.1) is 0 Å². The normalized spacial score (nSPS) is 21.4. The quantitative estimate of drug-likeness (QED) is 0.701. The fourth-order valence-electron chi connectivity index (χ4n) is 4.56. The zero-order chi connectivity index (χ0) is 17.6. The maximum atomic E-state index is 12.1. The second-order valence-electron chi connectivity index (χ2n) is 7.55. The van der Waals surface area contributed by atoms with E-state index in [1.165, 1.54) is 17.5 Å². The summed E-state index contributed by atoms with van der Waals surface area (Å²) in [5.41, 5.74) is 4.37. The molecule has 5 rings (SSSR count). The van der Waals surface area contributed by atoms with Gasteiger partial charge in [0.25, 0.3) is 0 Å². The molecule has 2 heteroatoms. The van der Waals surface area contributed by atoms with Crippen molar-refractivity contribution in [2.75, 3.05) is 6.54 Å². The first-order chi connectivity index (χ1) is 12.8. The Bertz CT molecular complexity index is 880. The van der Waals surface area contributed by atoms with E-state index in [-0.39, 0.29) is 0 Å². The lowest BCUT2D eigenvalue weighted by Crippen LogP contribution is -2.31. The Morgan fingerprint density at radius 2 is 1.46 bits per heavy atom. The van der Waals surface area contributed by atoms with Crippen LogP contribution in [0.25, 0.3) is 0 Å². The Morgan fingerprint density at radius 3 is 2.12 bits per heavy atom. The highest BCUT2D eigenvalue weighted by Crippen LogP contribution is 2.51. The first-order valence-electron chi connectivity index (χ1n) is 9.45. The molecule has 130 valence electrons. The molecule has 3 aromatic carbocycles. The van der Waals surface area contributed by atoms with Crippen LogP contribution in [0, 0.1) is 5.92 Å². The molecule has 2 nitrogen and oxygen atoms in total. The Hall–Kier alpha value is -2.42. The summed E-state index contributed by atoms with van der Waals surface area (Å²) in [6.07, 6.45) is 1.26. The van der Waals surface area contributed by atoms with Gasteiger partial charge < -0.3 is 10.4 Å². The molecule has 2 atom stereocenters. The minimum atomic E-state index is -1.15. The minimum Gasteiger partial charge on any atom is -0.376 e. The topological polar surface area (TPSA) is 32.3 Å². The fourth-order valence-corrected chi connectivity index (χ4v) is 4.56. The van der Waals surface area contributed by atoms with Crippen LogP contribution in [-0.2, 0) is 12.1 Å². The SMILES string of the molecule is OC(c1ccccc1)(c1ccccc1)c1cccc2c1CNC[C@@H]1C[C@H]21. The van der Waals surface area contributed by atoms with Gasteiger partial charge in [0.15, 0.2) is 0 Å². The summed E-state index contributed by atoms with van der Waals surface area (Å²) in [7, 11) is 0. The van der Waals surface area contributed by atoms with E-state index in [1.807, 2.05) is 60.7 Å². The molecule has 1 aliphatic heterocycles. The summed E-state index contributed by atoms with van der Waals surface area (Å²) < 4.78 is 0. The number of aliphatic hydroxyl groups is 1. The maximum Gasteiger partial charge on any atom is 0.140 e. The molecule has 0 spiro atoms. The highest BCUT2D eigenvalue weighted by molar-refractivity contribution is 5.53. The highest BCUT2D eigenvalue weighted by Gasteiger charge is 2.43. The fraction of sp³-hybridized carbons (Fsp3) is 0.250. The Labute approximate surface area is 154 Å². The molecule has 1 fully saturated rings. The number of fused-ring (bicyclic) bond motifs is 3. The smallest absolute Gasteiger partial charge is 0.140 e. The van der Waals surface area contributed by atoms with Gasteiger partial charge in [0.05, 0.1) is 0 Å². The van der Waals surface area contributed by atoms with E-state index < -0.39 is 5.60 Å². The molecule has 1 heterocycles. The van der Waals surface area contributed by atoms with Crippen molar-refractivity contribution in [1.82, 2.24) is 5.32 Å². The summed E-state index contributed by atoms with van der Waals surface area (Å²) in [6.45, 7) is 1.90. The molecule has 0 unspecified atom stereocenters. The second kappa shape index (κ2) is 6.08. The third-order valence-electron chi connectivity index (χ3n) is 6.02. The van der Waals surface area contributed by atoms with E-state index in [2.05, 4.69) is 23.5 Å². The van der Waals surface area contributed by atoms with Crippen molar-refractivity contribution in [3.8, 4) is 0 Å². The van der Waals surface area contributed by atoms with Crippen molar-refractivity contribution in [2.24, 2.45) is 5.92 Å². The van der Waals surface area contributed by atoms with Crippen molar-refractivity contribution in [2.45, 2.75) is 24.5 Å². The molecule has 0 amide bonds. The number of rotatable bonds is 3. The predicted molar refractivity (Wildman–Crippen MR) is 104 cm³/mol. The van der Waals surface area contributed by atoms with E-state index in [0.29, 0.717) is 5.92 Å². The van der Waals surface area contributed by atoms with Crippen molar-refractivity contribution in [3.63, 3.8) is 0 Å². The number of hydrogen-bond donors (Lipinski definition) is 2. The molecule has 2 aliphatic rings. The molecule has 0 radical (unpaired) electrons. The van der Waals surface area contributed by atoms with Crippen LogP contribution in [0.1, 0.15) is 40.2 Å². The van der Waals surface area contributed by atoms with Gasteiger partial charge in [-0.2, -0.15) is 0 Å². The van der Waals surface area contributed by atoms with Gasteiger partial charge in [-0.25, -0.2) is 0 Å². The molecule has 1 saturated carbocycles. The number of hydrogen-bond acceptors (Lipinski definition) is 2. The predicted octanol–water partition coefficient (Wildman–Crippen LogP) is 4.18. The van der Waals surface area contributed by atoms with E-state index in [0.717, 1.165) is 35.7 Å². The van der Waals surface area contributed by atoms with Crippen molar-refractivity contribution in [3.05, 3.63) is 107 Å². The highest BCUT2D eigenvalue weighted by atomic mass is 16.3. The van der Waals surface area contributed by atoms with Gasteiger partial charge >= 0.3 is 0 Å². The van der Waals surface area contributed by atoms with Crippen LogP contribution in [0.2, 0.25) is 0 Å². The van der Waals surface area contributed by atoms with Gasteiger partial charge in [-0.3, -0.25) is 0 Å². The summed E-state index contributed by atoms with van der Waals surface area (Å²) in [4.78, 5) is 0. The molecular formula is C24H23NO. The standard InChI is InChI=1S/C24H23NO/c26-24(18-8-3-1-4-9-18,19-10-5-2-6-11-19)23-13-7-12-20-21-14-17(21)15-25-16-22(20)23/h1-13,17,21,25-26H,14-16H2/t17-,21-/m0/s1. The van der Waals surface area contributed by atoms with Crippen LogP contribution in [0.3, 0.4) is 0 Å². The Morgan fingerprint density at radius 1 is 0.808 bits per heavy atom. The van der Waals surface area contributed by atoms with Crippen LogP contribution in [0.4, 0.5) is 0 Å². The van der Waals surface area contributed by atoms with Crippen molar-refractivity contribution < 1.29 is 5.11 Å². The lowest BCUT2D eigenvalue weighted by molar-refractivity contribution is 0.124. The summed E-state index contributed by atoms with van der Waals surface area (Å²) in [6, 6.07) is 26.6. The second-order valence-corrected chi connectivity index (χ2v) is 7.55.